The van der Waals surface area contributed by atoms with E-state index in [1.165, 1.54) is 12.3 Å². The molecule has 7 nitrogen and oxygen atoms in total. The van der Waals surface area contributed by atoms with Crippen LogP contribution < -0.4 is 5.56 Å². The molecule has 1 N–H and O–H groups in total. The monoisotopic (exact) mass is 408 g/mol. The number of aryl methyl sites for hydroxylation is 1. The van der Waals surface area contributed by atoms with Gasteiger partial charge in [0.25, 0.3) is 5.56 Å². The van der Waals surface area contributed by atoms with Gasteiger partial charge in [0.1, 0.15) is 10.5 Å². The molecule has 0 spiro atoms. The topological polar surface area (TPSA) is 81.4 Å². The maximum absolute atomic E-state index is 13.9. The van der Waals surface area contributed by atoms with Crippen LogP contribution in [0.3, 0.4) is 0 Å². The molecule has 0 bridgehead atoms. The van der Waals surface area contributed by atoms with Gasteiger partial charge in [0.05, 0.1) is 15.8 Å². The molecule has 0 saturated carbocycles. The van der Waals surface area contributed by atoms with E-state index in [0.717, 1.165) is 11.3 Å². The Hall–Kier alpha value is -2.95. The lowest BCUT2D eigenvalue weighted by atomic mass is 10.1. The van der Waals surface area contributed by atoms with Crippen LogP contribution in [0.25, 0.3) is 32.4 Å². The van der Waals surface area contributed by atoms with Crippen LogP contribution >= 0.6 is 11.3 Å². The number of imidazole rings is 1. The highest BCUT2D eigenvalue weighted by atomic mass is 32.1. The Morgan fingerprint density at radius 1 is 1.25 bits per heavy atom. The Labute approximate surface area is 160 Å². The number of aromatic nitrogens is 6. The third-order valence-electron chi connectivity index (χ3n) is 4.25. The van der Waals surface area contributed by atoms with Gasteiger partial charge in [-0.15, -0.1) is 11.3 Å². The van der Waals surface area contributed by atoms with Gasteiger partial charge in [0.15, 0.2) is 11.6 Å². The molecule has 4 heterocycles. The molecule has 0 aliphatic heterocycles. The second-order valence-electron chi connectivity index (χ2n) is 6.54. The SMILES string of the molecule is CC(C)n1ccc(-c2sc3nc(-c4nccn4C)[nH]c(=O)c3c2C(F)(F)F)n1. The van der Waals surface area contributed by atoms with Crippen LogP contribution in [0.15, 0.2) is 29.5 Å². The summed E-state index contributed by atoms with van der Waals surface area (Å²) in [5.74, 6) is 0.464. The minimum Gasteiger partial charge on any atom is -0.331 e. The summed E-state index contributed by atoms with van der Waals surface area (Å²) in [6, 6.07) is 1.50. The fourth-order valence-corrected chi connectivity index (χ4v) is 4.07. The number of nitrogens with zero attached hydrogens (tertiary/aromatic N) is 5. The first-order valence-electron chi connectivity index (χ1n) is 8.34. The van der Waals surface area contributed by atoms with Crippen LogP contribution in [0, 0.1) is 0 Å². The van der Waals surface area contributed by atoms with E-state index in [1.807, 2.05) is 13.8 Å². The van der Waals surface area contributed by atoms with Crippen molar-refractivity contribution >= 4 is 21.6 Å². The van der Waals surface area contributed by atoms with Gasteiger partial charge in [-0.2, -0.15) is 18.3 Å². The van der Waals surface area contributed by atoms with Gasteiger partial charge in [0, 0.05) is 31.7 Å². The molecule has 0 amide bonds. The van der Waals surface area contributed by atoms with Crippen molar-refractivity contribution in [2.45, 2.75) is 26.1 Å². The lowest BCUT2D eigenvalue weighted by molar-refractivity contribution is -0.135. The highest BCUT2D eigenvalue weighted by Gasteiger charge is 2.40. The first-order valence-corrected chi connectivity index (χ1v) is 9.15. The van der Waals surface area contributed by atoms with Crippen LogP contribution in [0.1, 0.15) is 25.5 Å². The number of halogens is 3. The Morgan fingerprint density at radius 2 is 2.00 bits per heavy atom. The number of rotatable bonds is 3. The van der Waals surface area contributed by atoms with Crippen LogP contribution in [0.4, 0.5) is 13.2 Å². The molecular weight excluding hydrogens is 393 g/mol. The summed E-state index contributed by atoms with van der Waals surface area (Å²) in [6.45, 7) is 3.75. The van der Waals surface area contributed by atoms with Crippen molar-refractivity contribution in [1.29, 1.82) is 0 Å². The Bertz CT molecular complexity index is 1230. The molecule has 0 atom stereocenters. The molecule has 0 fully saturated rings. The molecule has 0 saturated heterocycles. The highest BCUT2D eigenvalue weighted by molar-refractivity contribution is 7.22. The second kappa shape index (κ2) is 6.30. The maximum Gasteiger partial charge on any atom is 0.418 e. The third-order valence-corrected chi connectivity index (χ3v) is 5.35. The van der Waals surface area contributed by atoms with Crippen LogP contribution in [-0.2, 0) is 13.2 Å². The maximum atomic E-state index is 13.9. The Morgan fingerprint density at radius 3 is 2.57 bits per heavy atom. The summed E-state index contributed by atoms with van der Waals surface area (Å²) < 4.78 is 44.8. The quantitative estimate of drug-likeness (QED) is 0.558. The highest BCUT2D eigenvalue weighted by Crippen LogP contribution is 2.45. The van der Waals surface area contributed by atoms with Gasteiger partial charge in [-0.3, -0.25) is 9.48 Å². The van der Waals surface area contributed by atoms with Crippen molar-refractivity contribution in [2.24, 2.45) is 7.05 Å². The van der Waals surface area contributed by atoms with Crippen molar-refractivity contribution in [2.75, 3.05) is 0 Å². The molecule has 4 aromatic rings. The minimum atomic E-state index is -4.73. The predicted molar refractivity (Wildman–Crippen MR) is 99.1 cm³/mol. The van der Waals surface area contributed by atoms with E-state index in [0.29, 0.717) is 5.82 Å². The second-order valence-corrected chi connectivity index (χ2v) is 7.53. The van der Waals surface area contributed by atoms with Gasteiger partial charge < -0.3 is 9.55 Å². The van der Waals surface area contributed by atoms with E-state index < -0.39 is 22.7 Å². The smallest absolute Gasteiger partial charge is 0.331 e. The molecule has 4 aromatic heterocycles. The zero-order valence-electron chi connectivity index (χ0n) is 15.1. The van der Waals surface area contributed by atoms with Crippen LogP contribution in [-0.4, -0.2) is 29.3 Å². The van der Waals surface area contributed by atoms with E-state index >= 15 is 0 Å². The van der Waals surface area contributed by atoms with Crippen molar-refractivity contribution in [3.8, 4) is 22.2 Å². The first kappa shape index (κ1) is 18.4. The number of H-pyrrole nitrogens is 1. The molecule has 146 valence electrons. The zero-order valence-corrected chi connectivity index (χ0v) is 15.9. The van der Waals surface area contributed by atoms with Crippen molar-refractivity contribution in [3.05, 3.63) is 40.6 Å². The summed E-state index contributed by atoms with van der Waals surface area (Å²) in [7, 11) is 1.70. The molecule has 28 heavy (non-hydrogen) atoms. The fourth-order valence-electron chi connectivity index (χ4n) is 2.91. The van der Waals surface area contributed by atoms with Crippen molar-refractivity contribution in [1.82, 2.24) is 29.3 Å². The molecular formula is C17H15F3N6OS. The molecule has 4 rings (SSSR count). The number of hydrogen-bond acceptors (Lipinski definition) is 5. The van der Waals surface area contributed by atoms with Crippen molar-refractivity contribution in [3.63, 3.8) is 0 Å². The molecule has 11 heteroatoms. The Kier molecular flexibility index (Phi) is 4.14. The zero-order chi connectivity index (χ0) is 20.2. The number of aromatic amines is 1. The molecule has 0 aromatic carbocycles. The number of thiophene rings is 1. The fraction of sp³-hybridized carbons (Fsp3) is 0.294. The van der Waals surface area contributed by atoms with E-state index in [-0.39, 0.29) is 27.3 Å². The first-order chi connectivity index (χ1) is 13.2. The average Bonchev–Trinajstić information content (AvgIpc) is 3.30. The van der Waals surface area contributed by atoms with Crippen molar-refractivity contribution < 1.29 is 13.2 Å². The van der Waals surface area contributed by atoms with Crippen LogP contribution in [0.2, 0.25) is 0 Å². The predicted octanol–water partition coefficient (Wildman–Crippen LogP) is 3.85. The summed E-state index contributed by atoms with van der Waals surface area (Å²) in [5, 5.41) is 3.75. The summed E-state index contributed by atoms with van der Waals surface area (Å²) in [6.07, 6.45) is 0.0499. The van der Waals surface area contributed by atoms with Gasteiger partial charge >= 0.3 is 6.18 Å². The normalized spacial score (nSPS) is 12.4. The molecule has 0 unspecified atom stereocenters. The van der Waals surface area contributed by atoms with Gasteiger partial charge in [-0.25, -0.2) is 9.97 Å². The number of alkyl halides is 3. The average molecular weight is 408 g/mol. The number of nitrogens with one attached hydrogen (secondary N) is 1. The third kappa shape index (κ3) is 2.91. The van der Waals surface area contributed by atoms with Crippen LogP contribution in [0.5, 0.6) is 0 Å². The summed E-state index contributed by atoms with van der Waals surface area (Å²) in [5.41, 5.74) is -1.72. The van der Waals surface area contributed by atoms with Gasteiger partial charge in [-0.1, -0.05) is 0 Å². The summed E-state index contributed by atoms with van der Waals surface area (Å²) >= 11 is 0.796. The standard InChI is InChI=1S/C17H15F3N6OS/c1-8(2)26-6-4-9(24-26)12-11(17(18,19)20)10-15(27)22-13(23-16(10)28-12)14-21-5-7-25(14)3/h4-8H,1-3H3,(H,22,23,27). The van der Waals surface area contributed by atoms with E-state index in [1.54, 1.807) is 28.7 Å². The summed E-state index contributed by atoms with van der Waals surface area (Å²) in [4.78, 5) is 23.2. The molecule has 0 aliphatic rings. The lowest BCUT2D eigenvalue weighted by Gasteiger charge is -2.08. The van der Waals surface area contributed by atoms with E-state index in [4.69, 9.17) is 0 Å². The molecule has 0 radical (unpaired) electrons. The van der Waals surface area contributed by atoms with Gasteiger partial charge in [-0.05, 0) is 19.9 Å². The lowest BCUT2D eigenvalue weighted by Crippen LogP contribution is -2.15. The van der Waals surface area contributed by atoms with E-state index in [9.17, 15) is 18.0 Å². The Balaban J connectivity index is 2.01. The number of hydrogen-bond donors (Lipinski definition) is 1. The minimum absolute atomic E-state index is 0.00555. The van der Waals surface area contributed by atoms with Gasteiger partial charge in [0.2, 0.25) is 0 Å². The largest absolute Gasteiger partial charge is 0.418 e. The molecule has 0 aliphatic carbocycles. The van der Waals surface area contributed by atoms with E-state index in [2.05, 4.69) is 20.1 Å². The number of fused-ring (bicyclic) bond motifs is 1.